The van der Waals surface area contributed by atoms with E-state index in [0.29, 0.717) is 0 Å². The molecule has 0 aromatic heterocycles. The first-order chi connectivity index (χ1) is 4.83. The molecule has 0 aliphatic rings. The van der Waals surface area contributed by atoms with Crippen molar-refractivity contribution < 1.29 is 39.5 Å². The van der Waals surface area contributed by atoms with Gasteiger partial charge in [-0.05, 0) is 12.3 Å². The van der Waals surface area contributed by atoms with Gasteiger partial charge in [0.25, 0.3) is 0 Å². The molecule has 0 amide bonds. The van der Waals surface area contributed by atoms with Gasteiger partial charge in [-0.3, -0.25) is 4.99 Å². The molecular weight excluding hydrogens is 165 g/mol. The number of rotatable bonds is 2. The summed E-state index contributed by atoms with van der Waals surface area (Å²) in [6.45, 7) is 7.37. The first-order valence-corrected chi connectivity index (χ1v) is 3.58. The van der Waals surface area contributed by atoms with Gasteiger partial charge in [0.2, 0.25) is 0 Å². The van der Waals surface area contributed by atoms with Crippen molar-refractivity contribution in [2.45, 2.75) is 33.7 Å². The Hall–Kier alpha value is 0.140. The molecule has 64 valence electrons. The van der Waals surface area contributed by atoms with Crippen LogP contribution < -0.4 is 34.7 Å². The molecule has 0 aromatic carbocycles. The Labute approximate surface area is 95.6 Å². The predicted molar refractivity (Wildman–Crippen MR) is 42.4 cm³/mol. The molecule has 0 saturated heterocycles. The molecule has 0 saturated carbocycles. The molecule has 12 heavy (non-hydrogen) atoms. The Kier molecular flexibility index (Phi) is 7.00. The molecular formula is C8H14NNaO2. The van der Waals surface area contributed by atoms with Crippen molar-refractivity contribution in [3.8, 4) is 0 Å². The molecule has 4 heteroatoms. The fourth-order valence-corrected chi connectivity index (χ4v) is 0.396. The summed E-state index contributed by atoms with van der Waals surface area (Å²) in [5, 5.41) is 10.2. The van der Waals surface area contributed by atoms with E-state index in [4.69, 9.17) is 0 Å². The summed E-state index contributed by atoms with van der Waals surface area (Å²) in [6.07, 6.45) is 1.63. The number of carboxylic acid groups (broad SMARTS) is 1. The molecule has 0 unspecified atom stereocenters. The maximum Gasteiger partial charge on any atom is 1.00 e. The molecule has 0 radical (unpaired) electrons. The molecule has 0 aromatic rings. The SMILES string of the molecule is C[C@H](N=CC(C)(C)C)C(=O)[O-].[Na+]. The molecule has 0 spiro atoms. The van der Waals surface area contributed by atoms with Crippen LogP contribution in [0.4, 0.5) is 0 Å². The zero-order chi connectivity index (χ0) is 9.07. The number of hydrogen-bond acceptors (Lipinski definition) is 3. The zero-order valence-electron chi connectivity index (χ0n) is 8.42. The number of carbonyl (C=O) groups is 1. The van der Waals surface area contributed by atoms with Crippen LogP contribution >= 0.6 is 0 Å². The van der Waals surface area contributed by atoms with E-state index < -0.39 is 12.0 Å². The zero-order valence-corrected chi connectivity index (χ0v) is 10.4. The van der Waals surface area contributed by atoms with Gasteiger partial charge in [0.1, 0.15) is 0 Å². The number of carboxylic acids is 1. The van der Waals surface area contributed by atoms with E-state index in [1.807, 2.05) is 20.8 Å². The first kappa shape index (κ1) is 14.7. The van der Waals surface area contributed by atoms with E-state index in [2.05, 4.69) is 4.99 Å². The van der Waals surface area contributed by atoms with Crippen LogP contribution in [0.15, 0.2) is 4.99 Å². The van der Waals surface area contributed by atoms with Crippen molar-refractivity contribution in [1.82, 2.24) is 0 Å². The quantitative estimate of drug-likeness (QED) is 0.341. The maximum atomic E-state index is 10.2. The Morgan fingerprint density at radius 1 is 1.50 bits per heavy atom. The average molecular weight is 179 g/mol. The summed E-state index contributed by atoms with van der Waals surface area (Å²) in [4.78, 5) is 14.0. The van der Waals surface area contributed by atoms with Crippen LogP contribution in [-0.4, -0.2) is 18.2 Å². The van der Waals surface area contributed by atoms with E-state index >= 15 is 0 Å². The summed E-state index contributed by atoms with van der Waals surface area (Å²) < 4.78 is 0. The van der Waals surface area contributed by atoms with Crippen LogP contribution in [0.25, 0.3) is 0 Å². The van der Waals surface area contributed by atoms with Gasteiger partial charge in [0, 0.05) is 6.21 Å². The molecule has 0 heterocycles. The van der Waals surface area contributed by atoms with E-state index in [1.165, 1.54) is 6.92 Å². The van der Waals surface area contributed by atoms with Crippen LogP contribution in [0.3, 0.4) is 0 Å². The van der Waals surface area contributed by atoms with Gasteiger partial charge in [-0.1, -0.05) is 20.8 Å². The van der Waals surface area contributed by atoms with Crippen molar-refractivity contribution in [1.29, 1.82) is 0 Å². The van der Waals surface area contributed by atoms with Crippen molar-refractivity contribution in [3.63, 3.8) is 0 Å². The van der Waals surface area contributed by atoms with Crippen molar-refractivity contribution in [3.05, 3.63) is 0 Å². The third-order valence-corrected chi connectivity index (χ3v) is 1.03. The Morgan fingerprint density at radius 3 is 2.17 bits per heavy atom. The molecule has 0 aliphatic heterocycles. The summed E-state index contributed by atoms with van der Waals surface area (Å²) in [5.41, 5.74) is -0.0658. The second-order valence-corrected chi connectivity index (χ2v) is 3.64. The summed E-state index contributed by atoms with van der Waals surface area (Å²) in [6, 6.07) is -0.741. The average Bonchev–Trinajstić information content (AvgIpc) is 1.80. The molecule has 0 N–H and O–H groups in total. The van der Waals surface area contributed by atoms with E-state index in [1.54, 1.807) is 6.21 Å². The van der Waals surface area contributed by atoms with Crippen molar-refractivity contribution in [2.24, 2.45) is 10.4 Å². The Balaban J connectivity index is 0. The summed E-state index contributed by atoms with van der Waals surface area (Å²) >= 11 is 0. The largest absolute Gasteiger partial charge is 1.00 e. The number of hydrogen-bond donors (Lipinski definition) is 0. The summed E-state index contributed by atoms with van der Waals surface area (Å²) in [5.74, 6) is -1.13. The molecule has 0 aliphatic carbocycles. The Morgan fingerprint density at radius 2 is 1.92 bits per heavy atom. The predicted octanol–water partition coefficient (Wildman–Crippen LogP) is -2.75. The minimum atomic E-state index is -1.13. The third-order valence-electron chi connectivity index (χ3n) is 1.03. The summed E-state index contributed by atoms with van der Waals surface area (Å²) in [7, 11) is 0. The van der Waals surface area contributed by atoms with Gasteiger partial charge in [-0.15, -0.1) is 0 Å². The molecule has 0 bridgehead atoms. The second kappa shape index (κ2) is 5.73. The van der Waals surface area contributed by atoms with Crippen LogP contribution in [0.2, 0.25) is 0 Å². The van der Waals surface area contributed by atoms with E-state index in [9.17, 15) is 9.90 Å². The van der Waals surface area contributed by atoms with Gasteiger partial charge in [0.05, 0.1) is 12.0 Å². The van der Waals surface area contributed by atoms with Gasteiger partial charge in [-0.2, -0.15) is 0 Å². The van der Waals surface area contributed by atoms with Crippen LogP contribution in [-0.2, 0) is 4.79 Å². The monoisotopic (exact) mass is 179 g/mol. The van der Waals surface area contributed by atoms with E-state index in [-0.39, 0.29) is 35.0 Å². The van der Waals surface area contributed by atoms with Crippen molar-refractivity contribution >= 4 is 12.2 Å². The first-order valence-electron chi connectivity index (χ1n) is 3.58. The minimum Gasteiger partial charge on any atom is -0.548 e. The van der Waals surface area contributed by atoms with Crippen molar-refractivity contribution in [2.75, 3.05) is 0 Å². The molecule has 0 rings (SSSR count). The van der Waals surface area contributed by atoms with Gasteiger partial charge >= 0.3 is 29.6 Å². The minimum absolute atomic E-state index is 0. The standard InChI is InChI=1S/C8H15NO2.Na/c1-6(7(10)11)9-5-8(2,3)4;/h5-6H,1-4H3,(H,10,11);/q;+1/p-1/t6-;/m0./s1. The molecule has 0 fully saturated rings. The smallest absolute Gasteiger partial charge is 0.548 e. The van der Waals surface area contributed by atoms with Crippen LogP contribution in [0.5, 0.6) is 0 Å². The van der Waals surface area contributed by atoms with Gasteiger partial charge in [-0.25, -0.2) is 0 Å². The van der Waals surface area contributed by atoms with Crippen LogP contribution in [0.1, 0.15) is 27.7 Å². The fourth-order valence-electron chi connectivity index (χ4n) is 0.396. The topological polar surface area (TPSA) is 52.5 Å². The number of aliphatic carboxylic acids is 1. The van der Waals surface area contributed by atoms with Gasteiger partial charge < -0.3 is 9.90 Å². The molecule has 1 atom stereocenters. The number of aliphatic imine (C=N–C) groups is 1. The third kappa shape index (κ3) is 8.24. The number of carbonyl (C=O) groups excluding carboxylic acids is 1. The van der Waals surface area contributed by atoms with Crippen LogP contribution in [0, 0.1) is 5.41 Å². The molecule has 3 nitrogen and oxygen atoms in total. The Bertz CT molecular complexity index is 172. The van der Waals surface area contributed by atoms with E-state index in [0.717, 1.165) is 0 Å². The normalized spacial score (nSPS) is 14.0. The van der Waals surface area contributed by atoms with Gasteiger partial charge in [0.15, 0.2) is 0 Å². The number of nitrogens with zero attached hydrogens (tertiary/aromatic N) is 1. The second-order valence-electron chi connectivity index (χ2n) is 3.64. The maximum absolute atomic E-state index is 10.2. The fraction of sp³-hybridized carbons (Fsp3) is 0.750.